The Kier molecular flexibility index (Phi) is 9.67. The second kappa shape index (κ2) is 10.0. The molecule has 0 aromatic carbocycles. The molecule has 0 saturated heterocycles. The van der Waals surface area contributed by atoms with Crippen LogP contribution < -0.4 is 0 Å². The number of hydrogen-bond acceptors (Lipinski definition) is 0. The maximum absolute atomic E-state index is 2.38. The fraction of sp³-hybridized carbons (Fsp3) is 0.733. The van der Waals surface area contributed by atoms with Gasteiger partial charge in [0.15, 0.2) is 0 Å². The van der Waals surface area contributed by atoms with E-state index in [0.717, 1.165) is 0 Å². The molecule has 0 heteroatoms. The molecule has 88 valence electrons. The highest BCUT2D eigenvalue weighted by atomic mass is 14.0. The minimum Gasteiger partial charge on any atom is -0.0881 e. The summed E-state index contributed by atoms with van der Waals surface area (Å²) in [5, 5.41) is 0. The normalized spacial score (nSPS) is 13.3. The Bertz CT molecular complexity index is 196. The molecule has 0 aliphatic carbocycles. The van der Waals surface area contributed by atoms with E-state index in [1.165, 1.54) is 50.5 Å². The lowest BCUT2D eigenvalue weighted by atomic mass is 10.0. The maximum atomic E-state index is 2.38. The smallest absolute Gasteiger partial charge is 0.0136 e. The van der Waals surface area contributed by atoms with Gasteiger partial charge in [0.05, 0.1) is 0 Å². The van der Waals surface area contributed by atoms with Gasteiger partial charge in [-0.2, -0.15) is 0 Å². The van der Waals surface area contributed by atoms with Crippen molar-refractivity contribution in [3.63, 3.8) is 0 Å². The molecule has 0 aliphatic rings. The third kappa shape index (κ3) is 8.47. The molecule has 0 N–H and O–H groups in total. The van der Waals surface area contributed by atoms with Gasteiger partial charge >= 0.3 is 0 Å². The van der Waals surface area contributed by atoms with Gasteiger partial charge in [0.25, 0.3) is 0 Å². The number of unbranched alkanes of at least 4 members (excludes halogenated alkanes) is 3. The molecule has 0 aliphatic heterocycles. The van der Waals surface area contributed by atoms with Crippen LogP contribution in [0.5, 0.6) is 0 Å². The van der Waals surface area contributed by atoms with E-state index in [1.54, 1.807) is 5.57 Å². The zero-order chi connectivity index (χ0) is 11.5. The zero-order valence-electron chi connectivity index (χ0n) is 11.1. The van der Waals surface area contributed by atoms with E-state index < -0.39 is 0 Å². The summed E-state index contributed by atoms with van der Waals surface area (Å²) in [4.78, 5) is 0. The first-order chi connectivity index (χ1) is 7.24. The molecule has 0 nitrogen and oxygen atoms in total. The molecule has 0 radical (unpaired) electrons. The van der Waals surface area contributed by atoms with Gasteiger partial charge in [-0.1, -0.05) is 56.4 Å². The second-order valence-corrected chi connectivity index (χ2v) is 4.37. The first kappa shape index (κ1) is 14.5. The van der Waals surface area contributed by atoms with Crippen LogP contribution in [0.1, 0.15) is 72.6 Å². The van der Waals surface area contributed by atoms with E-state index in [-0.39, 0.29) is 0 Å². The van der Waals surface area contributed by atoms with Crippen molar-refractivity contribution in [2.75, 3.05) is 0 Å². The van der Waals surface area contributed by atoms with Crippen LogP contribution in [0, 0.1) is 0 Å². The van der Waals surface area contributed by atoms with Crippen molar-refractivity contribution >= 4 is 0 Å². The lowest BCUT2D eigenvalue weighted by Gasteiger charge is -2.04. The van der Waals surface area contributed by atoms with E-state index in [4.69, 9.17) is 0 Å². The van der Waals surface area contributed by atoms with Gasteiger partial charge in [-0.25, -0.2) is 0 Å². The van der Waals surface area contributed by atoms with Crippen molar-refractivity contribution in [1.82, 2.24) is 0 Å². The van der Waals surface area contributed by atoms with Gasteiger partial charge in [0, 0.05) is 0 Å². The monoisotopic (exact) mass is 208 g/mol. The van der Waals surface area contributed by atoms with Crippen molar-refractivity contribution in [3.05, 3.63) is 23.3 Å². The molecule has 0 aromatic heterocycles. The van der Waals surface area contributed by atoms with E-state index in [1.807, 2.05) is 0 Å². The summed E-state index contributed by atoms with van der Waals surface area (Å²) < 4.78 is 0. The Balaban J connectivity index is 3.75. The molecular weight excluding hydrogens is 180 g/mol. The van der Waals surface area contributed by atoms with Crippen molar-refractivity contribution in [2.45, 2.75) is 72.6 Å². The molecule has 15 heavy (non-hydrogen) atoms. The highest BCUT2D eigenvalue weighted by Crippen LogP contribution is 2.15. The molecule has 0 heterocycles. The van der Waals surface area contributed by atoms with Crippen LogP contribution in [-0.2, 0) is 0 Å². The molecule has 0 bridgehead atoms. The van der Waals surface area contributed by atoms with Crippen molar-refractivity contribution in [3.8, 4) is 0 Å². The Morgan fingerprint density at radius 1 is 1.07 bits per heavy atom. The molecule has 0 rings (SSSR count). The summed E-state index contributed by atoms with van der Waals surface area (Å²) in [5.41, 5.74) is 3.13. The SMILES string of the molecule is CC=C(CC=C(C)CC)CCCCCC. The predicted octanol–water partition coefficient (Wildman–Crippen LogP) is 5.65. The molecule has 0 unspecified atom stereocenters. The number of hydrogen-bond donors (Lipinski definition) is 0. The Hall–Kier alpha value is -0.520. The van der Waals surface area contributed by atoms with Crippen LogP contribution in [0.25, 0.3) is 0 Å². The summed E-state index contributed by atoms with van der Waals surface area (Å²) in [7, 11) is 0. The van der Waals surface area contributed by atoms with Gasteiger partial charge in [0.1, 0.15) is 0 Å². The van der Waals surface area contributed by atoms with E-state index in [9.17, 15) is 0 Å². The first-order valence-corrected chi connectivity index (χ1v) is 6.54. The van der Waals surface area contributed by atoms with Crippen molar-refractivity contribution in [2.24, 2.45) is 0 Å². The molecular formula is C15H28. The van der Waals surface area contributed by atoms with Crippen LogP contribution in [0.15, 0.2) is 23.3 Å². The zero-order valence-corrected chi connectivity index (χ0v) is 11.1. The maximum Gasteiger partial charge on any atom is -0.0136 e. The molecule has 0 fully saturated rings. The summed E-state index contributed by atoms with van der Waals surface area (Å²) in [6.45, 7) is 8.89. The van der Waals surface area contributed by atoms with Gasteiger partial charge in [-0.05, 0) is 39.5 Å². The van der Waals surface area contributed by atoms with Gasteiger partial charge in [0.2, 0.25) is 0 Å². The minimum absolute atomic E-state index is 1.17. The fourth-order valence-corrected chi connectivity index (χ4v) is 1.59. The first-order valence-electron chi connectivity index (χ1n) is 6.54. The predicted molar refractivity (Wildman–Crippen MR) is 71.2 cm³/mol. The minimum atomic E-state index is 1.17. The van der Waals surface area contributed by atoms with Crippen LogP contribution in [0.3, 0.4) is 0 Å². The van der Waals surface area contributed by atoms with Crippen LogP contribution >= 0.6 is 0 Å². The van der Waals surface area contributed by atoms with Crippen LogP contribution in [-0.4, -0.2) is 0 Å². The number of rotatable bonds is 8. The Labute approximate surface area is 96.5 Å². The van der Waals surface area contributed by atoms with Crippen LogP contribution in [0.4, 0.5) is 0 Å². The van der Waals surface area contributed by atoms with Gasteiger partial charge < -0.3 is 0 Å². The van der Waals surface area contributed by atoms with Crippen LogP contribution in [0.2, 0.25) is 0 Å². The molecule has 0 aromatic rings. The highest BCUT2D eigenvalue weighted by molar-refractivity contribution is 5.09. The van der Waals surface area contributed by atoms with Gasteiger partial charge in [-0.3, -0.25) is 0 Å². The van der Waals surface area contributed by atoms with Crippen molar-refractivity contribution in [1.29, 1.82) is 0 Å². The number of allylic oxidation sites excluding steroid dienone is 4. The molecule has 0 saturated carbocycles. The molecule has 0 atom stereocenters. The van der Waals surface area contributed by atoms with E-state index >= 15 is 0 Å². The second-order valence-electron chi connectivity index (χ2n) is 4.37. The van der Waals surface area contributed by atoms with Crippen molar-refractivity contribution < 1.29 is 0 Å². The Morgan fingerprint density at radius 2 is 1.80 bits per heavy atom. The average Bonchev–Trinajstić information content (AvgIpc) is 2.27. The lowest BCUT2D eigenvalue weighted by molar-refractivity contribution is 0.660. The van der Waals surface area contributed by atoms with Gasteiger partial charge in [-0.15, -0.1) is 0 Å². The fourth-order valence-electron chi connectivity index (χ4n) is 1.59. The molecule has 0 amide bonds. The topological polar surface area (TPSA) is 0 Å². The Morgan fingerprint density at radius 3 is 2.33 bits per heavy atom. The molecule has 0 spiro atoms. The third-order valence-electron chi connectivity index (χ3n) is 3.03. The van der Waals surface area contributed by atoms with E-state index in [2.05, 4.69) is 39.8 Å². The lowest BCUT2D eigenvalue weighted by Crippen LogP contribution is -1.84. The average molecular weight is 208 g/mol. The van der Waals surface area contributed by atoms with E-state index in [0.29, 0.717) is 0 Å². The third-order valence-corrected chi connectivity index (χ3v) is 3.03. The largest absolute Gasteiger partial charge is 0.0881 e. The summed E-state index contributed by atoms with van der Waals surface area (Å²) in [5.74, 6) is 0. The summed E-state index contributed by atoms with van der Waals surface area (Å²) in [6.07, 6.45) is 13.8. The quantitative estimate of drug-likeness (QED) is 0.357. The summed E-state index contributed by atoms with van der Waals surface area (Å²) in [6, 6.07) is 0. The summed E-state index contributed by atoms with van der Waals surface area (Å²) >= 11 is 0. The standard InChI is InChI=1S/C15H28/c1-5-8-9-10-11-15(7-3)13-12-14(4)6-2/h7,12H,5-6,8-11,13H2,1-4H3. The highest BCUT2D eigenvalue weighted by Gasteiger charge is 1.95.